The Labute approximate surface area is 25.6 Å². The Kier molecular flexibility index (Phi) is 1.80. The molecule has 0 aromatic carbocycles. The molecule has 0 saturated carbocycles. The van der Waals surface area contributed by atoms with Crippen LogP contribution in [0.15, 0.2) is 0 Å². The van der Waals surface area contributed by atoms with E-state index in [9.17, 15) is 8.39 Å². The average molecular weight is 81.8 g/mol. The van der Waals surface area contributed by atoms with Gasteiger partial charge in [0.1, 0.15) is 0 Å². The highest BCUT2D eigenvalue weighted by Crippen LogP contribution is 2.30. The van der Waals surface area contributed by atoms with Crippen LogP contribution in [0.2, 0.25) is 0 Å². The van der Waals surface area contributed by atoms with Gasteiger partial charge in [0.15, 0.2) is 0 Å². The molecule has 0 aliphatic carbocycles. The summed E-state index contributed by atoms with van der Waals surface area (Å²) in [4.78, 5) is 0. The highest BCUT2D eigenvalue weighted by Gasteiger charge is 1.82. The van der Waals surface area contributed by atoms with Crippen molar-refractivity contribution in [1.82, 2.24) is 0 Å². The highest BCUT2D eigenvalue weighted by atomic mass is 31.2. The molecule has 0 fully saturated rings. The fourth-order valence-electron chi connectivity index (χ4n) is 0. The van der Waals surface area contributed by atoms with Gasteiger partial charge in [-0.1, -0.05) is 0 Å². The van der Waals surface area contributed by atoms with Gasteiger partial charge in [0.05, 0.1) is 0 Å². The SMILES string of the molecule is BP(F)F. The van der Waals surface area contributed by atoms with Crippen LogP contribution in [0.4, 0.5) is 8.39 Å². The van der Waals surface area contributed by atoms with Crippen LogP contribution >= 0.6 is 8.42 Å². The minimum Gasteiger partial charge on any atom is -0.201 e. The number of hydrogen-bond acceptors (Lipinski definition) is 0. The van der Waals surface area contributed by atoms with Crippen molar-refractivity contribution in [3.8, 4) is 0 Å². The van der Waals surface area contributed by atoms with E-state index in [2.05, 4.69) is 0 Å². The zero-order chi connectivity index (χ0) is 3.58. The monoisotopic (exact) mass is 82.0 g/mol. The number of rotatable bonds is 0. The standard InChI is InChI=1S/BF2H2P/c1-4(2)3/h1H2. The van der Waals surface area contributed by atoms with Crippen molar-refractivity contribution in [2.75, 3.05) is 0 Å². The lowest BCUT2D eigenvalue weighted by Crippen LogP contribution is -1.33. The Hall–Kier alpha value is 0.355. The van der Waals surface area contributed by atoms with Crippen LogP contribution in [-0.4, -0.2) is 7.57 Å². The van der Waals surface area contributed by atoms with Crippen molar-refractivity contribution in [1.29, 1.82) is 0 Å². The summed E-state index contributed by atoms with van der Waals surface area (Å²) in [5.41, 5.74) is 0. The van der Waals surface area contributed by atoms with Gasteiger partial charge in [-0.25, -0.2) is 8.39 Å². The molecule has 0 nitrogen and oxygen atoms in total. The quantitative estimate of drug-likeness (QED) is 0.299. The minimum absolute atomic E-state index is 0.898. The van der Waals surface area contributed by atoms with Crippen LogP contribution < -0.4 is 0 Å². The van der Waals surface area contributed by atoms with Gasteiger partial charge in [-0.15, -0.1) is 0 Å². The van der Waals surface area contributed by atoms with Gasteiger partial charge >= 0.3 is 0 Å². The van der Waals surface area contributed by atoms with Gasteiger partial charge in [0.2, 0.25) is 16.0 Å². The smallest absolute Gasteiger partial charge is 0.201 e. The predicted octanol–water partition coefficient (Wildman–Crippen LogP) is 0.785. The fraction of sp³-hybridized carbons (Fsp3) is 0. The van der Waals surface area contributed by atoms with Gasteiger partial charge < -0.3 is 0 Å². The summed E-state index contributed by atoms with van der Waals surface area (Å²) < 4.78 is 20.8. The van der Waals surface area contributed by atoms with Crippen LogP contribution in [0.1, 0.15) is 0 Å². The minimum atomic E-state index is -2.62. The van der Waals surface area contributed by atoms with E-state index in [0.717, 1.165) is 7.57 Å². The third kappa shape index (κ3) is 34.3. The van der Waals surface area contributed by atoms with Crippen molar-refractivity contribution in [3.63, 3.8) is 0 Å². The summed E-state index contributed by atoms with van der Waals surface area (Å²) in [5, 5.41) is 0. The summed E-state index contributed by atoms with van der Waals surface area (Å²) in [6.45, 7) is 0. The molecule has 0 aromatic rings. The second-order valence-corrected chi connectivity index (χ2v) is 1.21. The van der Waals surface area contributed by atoms with Crippen molar-refractivity contribution in [2.45, 2.75) is 0 Å². The Balaban J connectivity index is 2.32. The molecular formula is H2BF2P. The first-order valence-electron chi connectivity index (χ1n) is 0.785. The Morgan fingerprint density at radius 3 is 1.50 bits per heavy atom. The van der Waals surface area contributed by atoms with Crippen LogP contribution in [0.5, 0.6) is 0 Å². The van der Waals surface area contributed by atoms with Gasteiger partial charge in [-0.05, 0) is 0 Å². The summed E-state index contributed by atoms with van der Waals surface area (Å²) in [7, 11) is -1.72. The van der Waals surface area contributed by atoms with E-state index < -0.39 is 8.42 Å². The molecule has 0 saturated heterocycles. The van der Waals surface area contributed by atoms with Gasteiger partial charge in [-0.3, -0.25) is 0 Å². The molecule has 0 unspecified atom stereocenters. The summed E-state index contributed by atoms with van der Waals surface area (Å²) in [5.74, 6) is 0. The van der Waals surface area contributed by atoms with Crippen LogP contribution in [0.25, 0.3) is 0 Å². The van der Waals surface area contributed by atoms with E-state index in [1.807, 2.05) is 0 Å². The lowest BCUT2D eigenvalue weighted by molar-refractivity contribution is 0.773. The first kappa shape index (κ1) is 4.35. The maximum atomic E-state index is 10.4. The van der Waals surface area contributed by atoms with Gasteiger partial charge in [0, 0.05) is 0 Å². The lowest BCUT2D eigenvalue weighted by Gasteiger charge is -1.68. The van der Waals surface area contributed by atoms with Crippen LogP contribution in [-0.2, 0) is 0 Å². The largest absolute Gasteiger partial charge is 0.218 e. The normalized spacial score (nSPS) is 8.75. The molecule has 0 aliphatic heterocycles. The number of hydrogen-bond donors (Lipinski definition) is 0. The Morgan fingerprint density at radius 1 is 1.50 bits per heavy atom. The first-order chi connectivity index (χ1) is 1.73. The lowest BCUT2D eigenvalue weighted by atomic mass is 10.8. The number of halogens is 2. The van der Waals surface area contributed by atoms with Crippen LogP contribution in [0.3, 0.4) is 0 Å². The van der Waals surface area contributed by atoms with E-state index in [1.54, 1.807) is 0 Å². The summed E-state index contributed by atoms with van der Waals surface area (Å²) >= 11 is 0. The molecule has 0 atom stereocenters. The third-order valence-electron chi connectivity index (χ3n) is 0. The Morgan fingerprint density at radius 2 is 1.50 bits per heavy atom. The summed E-state index contributed by atoms with van der Waals surface area (Å²) in [6, 6.07) is 0. The van der Waals surface area contributed by atoms with E-state index in [4.69, 9.17) is 0 Å². The highest BCUT2D eigenvalue weighted by molar-refractivity contribution is 7.73. The Bertz CT molecular complexity index is 10.8. The molecule has 0 N–H and O–H groups in total. The van der Waals surface area contributed by atoms with Crippen molar-refractivity contribution in [2.24, 2.45) is 0 Å². The van der Waals surface area contributed by atoms with Crippen LogP contribution in [0, 0.1) is 0 Å². The zero-order valence-electron chi connectivity index (χ0n) is 2.20. The molecule has 0 bridgehead atoms. The molecule has 0 heterocycles. The molecule has 4 heavy (non-hydrogen) atoms. The first-order valence-corrected chi connectivity index (χ1v) is 2.36. The van der Waals surface area contributed by atoms with E-state index in [-0.39, 0.29) is 0 Å². The van der Waals surface area contributed by atoms with E-state index >= 15 is 0 Å². The third-order valence-corrected chi connectivity index (χ3v) is 0. The molecule has 0 aliphatic rings. The average Bonchev–Trinajstić information content (AvgIpc) is 0.811. The molecule has 0 rings (SSSR count). The summed E-state index contributed by atoms with van der Waals surface area (Å²) in [6.07, 6.45) is 0. The molecule has 4 heteroatoms. The predicted molar refractivity (Wildman–Crippen MR) is 17.7 cm³/mol. The van der Waals surface area contributed by atoms with Crippen molar-refractivity contribution >= 4 is 16.0 Å². The molecule has 0 spiro atoms. The van der Waals surface area contributed by atoms with E-state index in [1.165, 1.54) is 0 Å². The second kappa shape index (κ2) is 1.65. The molecule has 0 aromatic heterocycles. The van der Waals surface area contributed by atoms with Crippen molar-refractivity contribution < 1.29 is 8.39 Å². The molecule has 0 amide bonds. The molecule has 0 radical (unpaired) electrons. The van der Waals surface area contributed by atoms with Gasteiger partial charge in [0.25, 0.3) is 0 Å². The van der Waals surface area contributed by atoms with Crippen molar-refractivity contribution in [3.05, 3.63) is 0 Å². The molecular weight excluding hydrogens is 79.8 g/mol. The van der Waals surface area contributed by atoms with Gasteiger partial charge in [-0.2, -0.15) is 0 Å². The molecule has 24 valence electrons. The van der Waals surface area contributed by atoms with E-state index in [0.29, 0.717) is 0 Å². The fourth-order valence-corrected chi connectivity index (χ4v) is 0. The second-order valence-electron chi connectivity index (χ2n) is 0.402. The maximum Gasteiger partial charge on any atom is 0.218 e. The topological polar surface area (TPSA) is 0 Å². The zero-order valence-corrected chi connectivity index (χ0v) is 3.10. The maximum absolute atomic E-state index is 10.4.